The molecule has 2 rings (SSSR count). The molecule has 0 bridgehead atoms. The molecule has 1 aromatic rings. The third-order valence-electron chi connectivity index (χ3n) is 3.33. The predicted molar refractivity (Wildman–Crippen MR) is 78.8 cm³/mol. The largest absolute Gasteiger partial charge is 0.329 e. The van der Waals surface area contributed by atoms with Crippen molar-refractivity contribution in [1.82, 2.24) is 10.2 Å². The fourth-order valence-corrected chi connectivity index (χ4v) is 2.23. The van der Waals surface area contributed by atoms with Gasteiger partial charge in [-0.25, -0.2) is 4.79 Å². The van der Waals surface area contributed by atoms with Gasteiger partial charge in [0, 0.05) is 6.54 Å². The molecule has 106 valence electrons. The van der Waals surface area contributed by atoms with Crippen LogP contribution in [0.2, 0.25) is 0 Å². The molecule has 1 aliphatic rings. The molecule has 4 heteroatoms. The first-order valence-electron chi connectivity index (χ1n) is 7.12. The zero-order chi connectivity index (χ0) is 14.4. The van der Waals surface area contributed by atoms with Crippen LogP contribution in [0.4, 0.5) is 4.79 Å². The molecule has 4 nitrogen and oxygen atoms in total. The molecule has 1 aromatic carbocycles. The molecule has 1 fully saturated rings. The number of amides is 3. The molecule has 3 amide bonds. The van der Waals surface area contributed by atoms with Crippen molar-refractivity contribution < 1.29 is 9.59 Å². The van der Waals surface area contributed by atoms with Crippen LogP contribution in [0.3, 0.4) is 0 Å². The summed E-state index contributed by atoms with van der Waals surface area (Å²) in [6.07, 6.45) is 6.06. The summed E-state index contributed by atoms with van der Waals surface area (Å²) >= 11 is 0. The van der Waals surface area contributed by atoms with E-state index in [9.17, 15) is 9.59 Å². The van der Waals surface area contributed by atoms with Crippen molar-refractivity contribution in [3.8, 4) is 0 Å². The Balaban J connectivity index is 2.09. The summed E-state index contributed by atoms with van der Waals surface area (Å²) in [5, 5.41) is 2.36. The number of rotatable bonds is 6. The van der Waals surface area contributed by atoms with Crippen molar-refractivity contribution in [3.05, 3.63) is 41.6 Å². The van der Waals surface area contributed by atoms with E-state index in [2.05, 4.69) is 12.2 Å². The summed E-state index contributed by atoms with van der Waals surface area (Å²) in [5.41, 5.74) is 1.36. The van der Waals surface area contributed by atoms with Gasteiger partial charge in [-0.1, -0.05) is 56.5 Å². The van der Waals surface area contributed by atoms with Gasteiger partial charge in [0.1, 0.15) is 5.70 Å². The highest BCUT2D eigenvalue weighted by Crippen LogP contribution is 2.18. The number of benzene rings is 1. The first-order valence-corrected chi connectivity index (χ1v) is 7.12. The average molecular weight is 272 g/mol. The first kappa shape index (κ1) is 14.3. The maximum atomic E-state index is 11.8. The lowest BCUT2D eigenvalue weighted by molar-refractivity contribution is -0.116. The molecule has 0 spiro atoms. The van der Waals surface area contributed by atoms with Gasteiger partial charge < -0.3 is 0 Å². The second-order valence-corrected chi connectivity index (χ2v) is 4.91. The van der Waals surface area contributed by atoms with Gasteiger partial charge in [0.05, 0.1) is 0 Å². The Morgan fingerprint density at radius 2 is 1.85 bits per heavy atom. The van der Waals surface area contributed by atoms with Gasteiger partial charge in [0.2, 0.25) is 0 Å². The van der Waals surface area contributed by atoms with E-state index in [0.717, 1.165) is 31.2 Å². The lowest BCUT2D eigenvalue weighted by Crippen LogP contribution is -2.28. The van der Waals surface area contributed by atoms with E-state index in [-0.39, 0.29) is 11.9 Å². The molecule has 20 heavy (non-hydrogen) atoms. The molecular weight excluding hydrogens is 252 g/mol. The Labute approximate surface area is 119 Å². The van der Waals surface area contributed by atoms with Gasteiger partial charge >= 0.3 is 6.03 Å². The van der Waals surface area contributed by atoms with Crippen molar-refractivity contribution in [2.24, 2.45) is 0 Å². The Morgan fingerprint density at radius 3 is 2.55 bits per heavy atom. The number of hydrogen-bond donors (Lipinski definition) is 1. The maximum Gasteiger partial charge on any atom is 0.329 e. The van der Waals surface area contributed by atoms with Crippen molar-refractivity contribution in [3.63, 3.8) is 0 Å². The summed E-state index contributed by atoms with van der Waals surface area (Å²) < 4.78 is 0. The van der Waals surface area contributed by atoms with Crippen molar-refractivity contribution in [2.75, 3.05) is 6.54 Å². The molecule has 1 saturated heterocycles. The van der Waals surface area contributed by atoms with E-state index < -0.39 is 0 Å². The lowest BCUT2D eigenvalue weighted by atomic mass is 10.1. The highest BCUT2D eigenvalue weighted by Gasteiger charge is 2.32. The second kappa shape index (κ2) is 6.89. The summed E-state index contributed by atoms with van der Waals surface area (Å²) in [5.74, 6) is -0.311. The molecule has 0 unspecified atom stereocenters. The van der Waals surface area contributed by atoms with Crippen molar-refractivity contribution in [2.45, 2.75) is 32.6 Å². The lowest BCUT2D eigenvalue weighted by Gasteiger charge is -2.15. The van der Waals surface area contributed by atoms with Crippen LogP contribution in [-0.4, -0.2) is 23.4 Å². The fraction of sp³-hybridized carbons (Fsp3) is 0.375. The highest BCUT2D eigenvalue weighted by molar-refractivity contribution is 6.13. The second-order valence-electron chi connectivity index (χ2n) is 4.91. The number of urea groups is 1. The van der Waals surface area contributed by atoms with Crippen LogP contribution in [0, 0.1) is 0 Å². The van der Waals surface area contributed by atoms with Crippen LogP contribution >= 0.6 is 0 Å². The topological polar surface area (TPSA) is 49.4 Å². The Kier molecular flexibility index (Phi) is 4.93. The van der Waals surface area contributed by atoms with Gasteiger partial charge in [-0.3, -0.25) is 15.0 Å². The van der Waals surface area contributed by atoms with Gasteiger partial charge in [0.15, 0.2) is 0 Å². The van der Waals surface area contributed by atoms with E-state index >= 15 is 0 Å². The van der Waals surface area contributed by atoms with Gasteiger partial charge in [-0.2, -0.15) is 0 Å². The number of imide groups is 1. The minimum atomic E-state index is -0.311. The van der Waals surface area contributed by atoms with Crippen LogP contribution in [0.25, 0.3) is 6.08 Å². The number of nitrogens with one attached hydrogen (secondary N) is 1. The zero-order valence-electron chi connectivity index (χ0n) is 11.8. The monoisotopic (exact) mass is 272 g/mol. The summed E-state index contributed by atoms with van der Waals surface area (Å²) in [4.78, 5) is 25.2. The Bertz CT molecular complexity index is 508. The molecule has 0 aromatic heterocycles. The molecule has 0 atom stereocenters. The van der Waals surface area contributed by atoms with Crippen LogP contribution in [0.1, 0.15) is 38.2 Å². The quantitative estimate of drug-likeness (QED) is 0.491. The summed E-state index contributed by atoms with van der Waals surface area (Å²) in [7, 11) is 0. The van der Waals surface area contributed by atoms with Crippen LogP contribution in [-0.2, 0) is 4.79 Å². The standard InChI is InChI=1S/C16H20N2O2/c1-2-3-4-8-11-18-14(15(19)17-16(18)20)12-13-9-6-5-7-10-13/h5-7,9-10,12H,2-4,8,11H2,1H3,(H,17,19,20)/b14-12+. The fourth-order valence-electron chi connectivity index (χ4n) is 2.23. The molecule has 0 radical (unpaired) electrons. The van der Waals surface area contributed by atoms with E-state index in [0.29, 0.717) is 12.2 Å². The molecule has 0 saturated carbocycles. The Hall–Kier alpha value is -2.10. The third-order valence-corrected chi connectivity index (χ3v) is 3.33. The number of unbranched alkanes of at least 4 members (excludes halogenated alkanes) is 3. The van der Waals surface area contributed by atoms with Gasteiger partial charge in [0.25, 0.3) is 5.91 Å². The minimum Gasteiger partial charge on any atom is -0.289 e. The SMILES string of the molecule is CCCCCCN1C(=O)NC(=O)/C1=C\c1ccccc1. The zero-order valence-corrected chi connectivity index (χ0v) is 11.8. The number of nitrogens with zero attached hydrogens (tertiary/aromatic N) is 1. The number of hydrogen-bond acceptors (Lipinski definition) is 2. The van der Waals surface area contributed by atoms with Gasteiger partial charge in [-0.05, 0) is 18.1 Å². The average Bonchev–Trinajstić information content (AvgIpc) is 2.71. The Morgan fingerprint density at radius 1 is 1.10 bits per heavy atom. The van der Waals surface area contributed by atoms with E-state index in [1.54, 1.807) is 11.0 Å². The summed E-state index contributed by atoms with van der Waals surface area (Å²) in [6.45, 7) is 2.74. The van der Waals surface area contributed by atoms with Crippen LogP contribution in [0.15, 0.2) is 36.0 Å². The molecule has 1 heterocycles. The predicted octanol–water partition coefficient (Wildman–Crippen LogP) is 3.16. The molecule has 0 aliphatic carbocycles. The molecular formula is C16H20N2O2. The van der Waals surface area contributed by atoms with Crippen LogP contribution < -0.4 is 5.32 Å². The van der Waals surface area contributed by atoms with E-state index in [1.165, 1.54) is 0 Å². The first-order chi connectivity index (χ1) is 9.72. The number of carbonyl (C=O) groups excluding carboxylic acids is 2. The highest BCUT2D eigenvalue weighted by atomic mass is 16.2. The minimum absolute atomic E-state index is 0.311. The molecule has 1 N–H and O–H groups in total. The van der Waals surface area contributed by atoms with Crippen molar-refractivity contribution >= 4 is 18.0 Å². The maximum absolute atomic E-state index is 11.8. The number of carbonyl (C=O) groups is 2. The normalized spacial score (nSPS) is 16.9. The summed E-state index contributed by atoms with van der Waals surface area (Å²) in [6, 6.07) is 9.26. The molecule has 1 aliphatic heterocycles. The van der Waals surface area contributed by atoms with Crippen molar-refractivity contribution in [1.29, 1.82) is 0 Å². The van der Waals surface area contributed by atoms with Gasteiger partial charge in [-0.15, -0.1) is 0 Å². The van der Waals surface area contributed by atoms with E-state index in [4.69, 9.17) is 0 Å². The van der Waals surface area contributed by atoms with Crippen LogP contribution in [0.5, 0.6) is 0 Å². The van der Waals surface area contributed by atoms with E-state index in [1.807, 2.05) is 30.3 Å². The smallest absolute Gasteiger partial charge is 0.289 e. The third kappa shape index (κ3) is 3.47.